The topological polar surface area (TPSA) is 72.6 Å². The van der Waals surface area contributed by atoms with E-state index in [4.69, 9.17) is 12.2 Å². The largest absolute Gasteiger partial charge is 0.355 e. The Hall–Kier alpha value is -2.93. The molecule has 0 atom stereocenters. The molecule has 0 spiro atoms. The Morgan fingerprint density at radius 2 is 1.83 bits per heavy atom. The molecule has 1 amide bonds. The van der Waals surface area contributed by atoms with E-state index < -0.39 is 0 Å². The van der Waals surface area contributed by atoms with Crippen LogP contribution in [-0.4, -0.2) is 63.9 Å². The van der Waals surface area contributed by atoms with Gasteiger partial charge in [-0.2, -0.15) is 5.26 Å². The molecule has 0 bridgehead atoms. The number of hydrogen-bond donors (Lipinski definition) is 0. The molecule has 1 aromatic carbocycles. The number of rotatable bonds is 7. The average Bonchev–Trinajstić information content (AvgIpc) is 3.16. The summed E-state index contributed by atoms with van der Waals surface area (Å²) in [7, 11) is 1.70. The third kappa shape index (κ3) is 5.26. The second-order valence-corrected chi connectivity index (χ2v) is 10.7. The predicted molar refractivity (Wildman–Crippen MR) is 150 cm³/mol. The number of anilines is 1. The molecule has 0 aliphatic carbocycles. The number of nitrogens with zero attached hydrogens (tertiary/aromatic N) is 5. The van der Waals surface area contributed by atoms with Crippen LogP contribution in [0.5, 0.6) is 0 Å². The zero-order chi connectivity index (χ0) is 25.8. The maximum absolute atomic E-state index is 13.3. The van der Waals surface area contributed by atoms with Crippen molar-refractivity contribution in [2.75, 3.05) is 44.2 Å². The fourth-order valence-corrected chi connectivity index (χ4v) is 6.07. The number of aryl methyl sites for hydroxylation is 1. The van der Waals surface area contributed by atoms with Crippen LogP contribution in [0, 0.1) is 18.3 Å². The number of pyridine rings is 1. The fraction of sp³-hybridized carbons (Fsp3) is 0.407. The molecule has 4 rings (SSSR count). The zero-order valence-electron chi connectivity index (χ0n) is 21.0. The molecule has 36 heavy (non-hydrogen) atoms. The molecule has 2 aromatic rings. The number of amides is 1. The number of piperazine rings is 1. The maximum atomic E-state index is 13.3. The van der Waals surface area contributed by atoms with Gasteiger partial charge in [0, 0.05) is 45.3 Å². The minimum Gasteiger partial charge on any atom is -0.355 e. The third-order valence-electron chi connectivity index (χ3n) is 6.93. The molecule has 7 nitrogen and oxygen atoms in total. The quantitative estimate of drug-likeness (QED) is 0.408. The summed E-state index contributed by atoms with van der Waals surface area (Å²) >= 11 is 6.84. The molecule has 0 N–H and O–H groups in total. The maximum Gasteiger partial charge on any atom is 0.270 e. The molecule has 0 unspecified atom stereocenters. The molecule has 0 radical (unpaired) electrons. The van der Waals surface area contributed by atoms with Crippen LogP contribution in [0.15, 0.2) is 40.0 Å². The van der Waals surface area contributed by atoms with E-state index >= 15 is 0 Å². The summed E-state index contributed by atoms with van der Waals surface area (Å²) in [5.41, 5.74) is 2.37. The molecule has 2 aliphatic rings. The molecule has 2 aliphatic heterocycles. The Morgan fingerprint density at radius 1 is 1.14 bits per heavy atom. The van der Waals surface area contributed by atoms with Crippen molar-refractivity contribution in [3.05, 3.63) is 67.8 Å². The molecule has 2 fully saturated rings. The van der Waals surface area contributed by atoms with E-state index in [9.17, 15) is 14.9 Å². The van der Waals surface area contributed by atoms with Crippen LogP contribution < -0.4 is 10.5 Å². The number of benzene rings is 1. The minimum absolute atomic E-state index is 0.109. The van der Waals surface area contributed by atoms with Gasteiger partial charge in [-0.1, -0.05) is 61.2 Å². The number of thiocarbonyl (C=S) groups is 1. The summed E-state index contributed by atoms with van der Waals surface area (Å²) < 4.78 is 2.10. The summed E-state index contributed by atoms with van der Waals surface area (Å²) in [4.78, 5) is 33.1. The van der Waals surface area contributed by atoms with E-state index in [1.54, 1.807) is 23.4 Å². The molecule has 3 heterocycles. The first-order chi connectivity index (χ1) is 17.3. The lowest BCUT2D eigenvalue weighted by molar-refractivity contribution is -0.122. The molecular formula is C27H31N5O2S2. The van der Waals surface area contributed by atoms with Crippen LogP contribution >= 0.6 is 24.0 Å². The fourth-order valence-electron chi connectivity index (χ4n) is 4.78. The van der Waals surface area contributed by atoms with Crippen molar-refractivity contribution in [2.45, 2.75) is 26.7 Å². The van der Waals surface area contributed by atoms with E-state index in [0.29, 0.717) is 21.3 Å². The molecule has 9 heteroatoms. The van der Waals surface area contributed by atoms with E-state index in [-0.39, 0.29) is 17.0 Å². The number of aromatic nitrogens is 1. The summed E-state index contributed by atoms with van der Waals surface area (Å²) in [5.74, 6) is 0.633. The Kier molecular flexibility index (Phi) is 8.29. The van der Waals surface area contributed by atoms with Crippen molar-refractivity contribution < 1.29 is 4.79 Å². The van der Waals surface area contributed by atoms with E-state index in [1.807, 2.05) is 24.3 Å². The van der Waals surface area contributed by atoms with Crippen LogP contribution in [0.4, 0.5) is 5.82 Å². The lowest BCUT2D eigenvalue weighted by atomic mass is 10.0. The first-order valence-corrected chi connectivity index (χ1v) is 13.5. The van der Waals surface area contributed by atoms with Gasteiger partial charge in [-0.25, -0.2) is 0 Å². The van der Waals surface area contributed by atoms with Gasteiger partial charge in [0.15, 0.2) is 0 Å². The second kappa shape index (κ2) is 11.4. The number of carbonyl (C=O) groups is 1. The second-order valence-electron chi connectivity index (χ2n) is 9.06. The number of carbonyl (C=O) groups excluding carboxylic acids is 1. The number of hydrogen-bond acceptors (Lipinski definition) is 7. The summed E-state index contributed by atoms with van der Waals surface area (Å²) in [6.07, 6.45) is 3.51. The van der Waals surface area contributed by atoms with Gasteiger partial charge in [0.1, 0.15) is 21.8 Å². The summed E-state index contributed by atoms with van der Waals surface area (Å²) in [5, 5.41) is 9.70. The van der Waals surface area contributed by atoms with E-state index in [1.165, 1.54) is 17.3 Å². The molecule has 2 saturated heterocycles. The van der Waals surface area contributed by atoms with Gasteiger partial charge in [-0.3, -0.25) is 19.1 Å². The van der Waals surface area contributed by atoms with Crippen molar-refractivity contribution >= 4 is 46.1 Å². The Labute approximate surface area is 222 Å². The van der Waals surface area contributed by atoms with Gasteiger partial charge in [-0.15, -0.1) is 0 Å². The van der Waals surface area contributed by atoms with E-state index in [0.717, 1.165) is 56.9 Å². The third-order valence-corrected chi connectivity index (χ3v) is 8.30. The van der Waals surface area contributed by atoms with Crippen molar-refractivity contribution in [1.82, 2.24) is 14.4 Å². The molecule has 0 saturated carbocycles. The van der Waals surface area contributed by atoms with Crippen molar-refractivity contribution in [2.24, 2.45) is 7.05 Å². The Bertz CT molecular complexity index is 1290. The number of thioether (sulfide) groups is 1. The van der Waals surface area contributed by atoms with Crippen molar-refractivity contribution in [3.63, 3.8) is 0 Å². The van der Waals surface area contributed by atoms with Gasteiger partial charge in [0.25, 0.3) is 11.5 Å². The normalized spacial score (nSPS) is 17.8. The minimum atomic E-state index is -0.312. The van der Waals surface area contributed by atoms with Gasteiger partial charge in [0.05, 0.1) is 4.91 Å². The molecule has 188 valence electrons. The highest BCUT2D eigenvalue weighted by molar-refractivity contribution is 8.26. The lowest BCUT2D eigenvalue weighted by Gasteiger charge is -2.37. The van der Waals surface area contributed by atoms with Crippen molar-refractivity contribution in [1.29, 1.82) is 5.26 Å². The van der Waals surface area contributed by atoms with Gasteiger partial charge < -0.3 is 9.80 Å². The highest BCUT2D eigenvalue weighted by Gasteiger charge is 2.33. The molecule has 1 aromatic heterocycles. The van der Waals surface area contributed by atoms with Gasteiger partial charge >= 0.3 is 0 Å². The smallest absolute Gasteiger partial charge is 0.270 e. The highest BCUT2D eigenvalue weighted by atomic mass is 32.2. The van der Waals surface area contributed by atoms with Crippen LogP contribution in [0.25, 0.3) is 6.08 Å². The first kappa shape index (κ1) is 26.1. The molecular weight excluding hydrogens is 490 g/mol. The van der Waals surface area contributed by atoms with Crippen LogP contribution in [-0.2, 0) is 18.3 Å². The van der Waals surface area contributed by atoms with Gasteiger partial charge in [0.2, 0.25) is 0 Å². The van der Waals surface area contributed by atoms with Crippen molar-refractivity contribution in [3.8, 4) is 6.07 Å². The monoisotopic (exact) mass is 521 g/mol. The highest BCUT2D eigenvalue weighted by Crippen LogP contribution is 2.36. The van der Waals surface area contributed by atoms with Crippen LogP contribution in [0.1, 0.15) is 35.6 Å². The summed E-state index contributed by atoms with van der Waals surface area (Å²) in [6.45, 7) is 8.81. The van der Waals surface area contributed by atoms with Crippen LogP contribution in [0.2, 0.25) is 0 Å². The van der Waals surface area contributed by atoms with Gasteiger partial charge in [-0.05, 0) is 43.5 Å². The zero-order valence-corrected chi connectivity index (χ0v) is 22.6. The van der Waals surface area contributed by atoms with Crippen LogP contribution in [0.3, 0.4) is 0 Å². The predicted octanol–water partition coefficient (Wildman–Crippen LogP) is 3.54. The average molecular weight is 522 g/mol. The summed E-state index contributed by atoms with van der Waals surface area (Å²) in [6, 6.07) is 12.3. The Morgan fingerprint density at radius 3 is 2.47 bits per heavy atom. The Balaban J connectivity index is 1.63. The standard InChI is InChI=1S/C27H31N5O2S2/c1-4-30-13-15-31(16-14-30)24-21(19(2)22(18-28)25(33)29(24)3)17-23-26(34)32(27(35)36-23)12-8-11-20-9-6-5-7-10-20/h5-7,9-10,17H,4,8,11-16H2,1-3H3/b23-17-. The SMILES string of the molecule is CCN1CCN(c2c(/C=C3\SC(=S)N(CCCc4ccccc4)C3=O)c(C)c(C#N)c(=O)n2C)CC1. The first-order valence-electron chi connectivity index (χ1n) is 12.3. The number of nitriles is 1. The number of likely N-dealkylation sites (N-methyl/N-ethyl adjacent to an activating group) is 1. The van der Waals surface area contributed by atoms with E-state index in [2.05, 4.69) is 34.9 Å². The lowest BCUT2D eigenvalue weighted by Crippen LogP contribution is -2.48.